The summed E-state index contributed by atoms with van der Waals surface area (Å²) in [5.74, 6) is 1.43. The van der Waals surface area contributed by atoms with Crippen molar-refractivity contribution in [3.63, 3.8) is 0 Å². The molecular formula is C32H45N3O4. The third-order valence-corrected chi connectivity index (χ3v) is 8.36. The molecule has 39 heavy (non-hydrogen) atoms. The molecule has 2 aromatic rings. The zero-order valence-corrected chi connectivity index (χ0v) is 23.4. The number of carbonyl (C=O) groups excluding carboxylic acids is 2. The number of amides is 2. The summed E-state index contributed by atoms with van der Waals surface area (Å²) >= 11 is 0. The van der Waals surface area contributed by atoms with E-state index in [0.29, 0.717) is 42.4 Å². The highest BCUT2D eigenvalue weighted by Crippen LogP contribution is 2.37. The molecule has 2 fully saturated rings. The van der Waals surface area contributed by atoms with Crippen LogP contribution in [0.15, 0.2) is 54.6 Å². The highest BCUT2D eigenvalue weighted by atomic mass is 16.6. The lowest BCUT2D eigenvalue weighted by Gasteiger charge is -2.41. The molecule has 1 aliphatic carbocycles. The van der Waals surface area contributed by atoms with E-state index in [1.807, 2.05) is 17.9 Å². The molecule has 212 valence electrons. The first kappa shape index (κ1) is 28.9. The smallest absolute Gasteiger partial charge is 0.409 e. The summed E-state index contributed by atoms with van der Waals surface area (Å²) in [6.45, 7) is 6.25. The Morgan fingerprint density at radius 1 is 1.00 bits per heavy atom. The SMILES string of the molecule is CCOC(=O)N1CCC(N(CCCOc2cccc(C(N)=O)c2)CC(c2ccccc2)C2CCCCC2)CC1. The monoisotopic (exact) mass is 535 g/mol. The number of piperidine rings is 1. The molecule has 7 nitrogen and oxygen atoms in total. The molecule has 0 spiro atoms. The van der Waals surface area contributed by atoms with E-state index in [2.05, 4.69) is 35.2 Å². The van der Waals surface area contributed by atoms with Crippen LogP contribution in [0.1, 0.15) is 80.1 Å². The van der Waals surface area contributed by atoms with Crippen LogP contribution in [0.5, 0.6) is 5.75 Å². The zero-order chi connectivity index (χ0) is 27.5. The Kier molecular flexibility index (Phi) is 11.1. The third kappa shape index (κ3) is 8.46. The Balaban J connectivity index is 1.43. The van der Waals surface area contributed by atoms with E-state index in [-0.39, 0.29) is 6.09 Å². The zero-order valence-electron chi connectivity index (χ0n) is 23.4. The van der Waals surface area contributed by atoms with Gasteiger partial charge in [-0.2, -0.15) is 0 Å². The van der Waals surface area contributed by atoms with Gasteiger partial charge in [0.1, 0.15) is 5.75 Å². The molecule has 4 rings (SSSR count). The summed E-state index contributed by atoms with van der Waals surface area (Å²) in [7, 11) is 0. The normalized spacial score (nSPS) is 17.6. The number of likely N-dealkylation sites (tertiary alicyclic amines) is 1. The van der Waals surface area contributed by atoms with Crippen LogP contribution >= 0.6 is 0 Å². The summed E-state index contributed by atoms with van der Waals surface area (Å²) in [4.78, 5) is 28.3. The molecule has 1 saturated heterocycles. The first-order valence-corrected chi connectivity index (χ1v) is 14.8. The van der Waals surface area contributed by atoms with Crippen LogP contribution in [0, 0.1) is 5.92 Å². The van der Waals surface area contributed by atoms with Crippen LogP contribution in [0.25, 0.3) is 0 Å². The van der Waals surface area contributed by atoms with Gasteiger partial charge in [-0.1, -0.05) is 55.7 Å². The van der Waals surface area contributed by atoms with Gasteiger partial charge in [0, 0.05) is 37.8 Å². The summed E-state index contributed by atoms with van der Waals surface area (Å²) in [5.41, 5.74) is 7.33. The predicted octanol–water partition coefficient (Wildman–Crippen LogP) is 5.84. The van der Waals surface area contributed by atoms with E-state index in [0.717, 1.165) is 45.4 Å². The predicted molar refractivity (Wildman–Crippen MR) is 154 cm³/mol. The van der Waals surface area contributed by atoms with Gasteiger partial charge in [0.15, 0.2) is 0 Å². The second-order valence-electron chi connectivity index (χ2n) is 10.9. The molecule has 0 radical (unpaired) electrons. The fourth-order valence-electron chi connectivity index (χ4n) is 6.26. The molecule has 0 aromatic heterocycles. The lowest BCUT2D eigenvalue weighted by Crippen LogP contribution is -2.48. The van der Waals surface area contributed by atoms with Gasteiger partial charge in [0.25, 0.3) is 0 Å². The molecular weight excluding hydrogens is 490 g/mol. The minimum Gasteiger partial charge on any atom is -0.494 e. The first-order valence-electron chi connectivity index (χ1n) is 14.8. The van der Waals surface area contributed by atoms with Gasteiger partial charge in [-0.05, 0) is 74.6 Å². The lowest BCUT2D eigenvalue weighted by molar-refractivity contribution is 0.0670. The fourth-order valence-corrected chi connectivity index (χ4v) is 6.26. The minimum absolute atomic E-state index is 0.196. The van der Waals surface area contributed by atoms with Crippen molar-refractivity contribution in [2.75, 3.05) is 39.4 Å². The molecule has 2 N–H and O–H groups in total. The Bertz CT molecular complexity index is 1030. The summed E-state index contributed by atoms with van der Waals surface area (Å²) in [6, 6.07) is 18.5. The number of ether oxygens (including phenoxy) is 2. The maximum atomic E-state index is 12.3. The van der Waals surface area contributed by atoms with E-state index in [1.165, 1.54) is 37.7 Å². The average Bonchev–Trinajstić information content (AvgIpc) is 2.98. The van der Waals surface area contributed by atoms with Gasteiger partial charge >= 0.3 is 6.09 Å². The van der Waals surface area contributed by atoms with Crippen molar-refractivity contribution in [1.82, 2.24) is 9.80 Å². The van der Waals surface area contributed by atoms with Crippen molar-refractivity contribution in [2.45, 2.75) is 70.3 Å². The van der Waals surface area contributed by atoms with Gasteiger partial charge in [0.2, 0.25) is 5.91 Å². The van der Waals surface area contributed by atoms with E-state index in [4.69, 9.17) is 15.2 Å². The molecule has 2 aliphatic rings. The average molecular weight is 536 g/mol. The van der Waals surface area contributed by atoms with Crippen LogP contribution in [0.4, 0.5) is 4.79 Å². The number of carbonyl (C=O) groups is 2. The second-order valence-corrected chi connectivity index (χ2v) is 10.9. The third-order valence-electron chi connectivity index (χ3n) is 8.36. The van der Waals surface area contributed by atoms with E-state index >= 15 is 0 Å². The van der Waals surface area contributed by atoms with Crippen molar-refractivity contribution in [1.29, 1.82) is 0 Å². The molecule has 1 atom stereocenters. The quantitative estimate of drug-likeness (QED) is 0.345. The number of primary amides is 1. The maximum absolute atomic E-state index is 12.3. The van der Waals surface area contributed by atoms with Crippen LogP contribution in [0.3, 0.4) is 0 Å². The lowest BCUT2D eigenvalue weighted by atomic mass is 9.76. The highest BCUT2D eigenvalue weighted by molar-refractivity contribution is 5.93. The van der Waals surface area contributed by atoms with Gasteiger partial charge < -0.3 is 20.1 Å². The van der Waals surface area contributed by atoms with Crippen LogP contribution in [0.2, 0.25) is 0 Å². The summed E-state index contributed by atoms with van der Waals surface area (Å²) in [6.07, 6.45) is 9.18. The Hall–Kier alpha value is -3.06. The van der Waals surface area contributed by atoms with Crippen molar-refractivity contribution >= 4 is 12.0 Å². The van der Waals surface area contributed by atoms with Crippen molar-refractivity contribution in [2.24, 2.45) is 11.7 Å². The Morgan fingerprint density at radius 2 is 1.74 bits per heavy atom. The number of nitrogens with two attached hydrogens (primary N) is 1. The molecule has 2 aromatic carbocycles. The molecule has 1 saturated carbocycles. The molecule has 0 bridgehead atoms. The standard InChI is InChI=1S/C32H45N3O4/c1-2-38-32(37)34-20-17-28(18-21-34)35(19-10-22-39-29-16-9-15-27(23-29)31(33)36)24-30(25-11-5-3-6-12-25)26-13-7-4-8-14-26/h3,5-6,9,11-12,15-16,23,26,28,30H,2,4,7-8,10,13-14,17-22,24H2,1H3,(H2,33,36). The molecule has 1 unspecified atom stereocenters. The first-order chi connectivity index (χ1) is 19.0. The van der Waals surface area contributed by atoms with E-state index in [9.17, 15) is 9.59 Å². The van der Waals surface area contributed by atoms with Crippen LogP contribution in [-0.4, -0.2) is 67.2 Å². The van der Waals surface area contributed by atoms with Crippen LogP contribution in [-0.2, 0) is 4.74 Å². The molecule has 1 aliphatic heterocycles. The number of rotatable bonds is 12. The molecule has 1 heterocycles. The molecule has 7 heteroatoms. The number of nitrogens with zero attached hydrogens (tertiary/aromatic N) is 2. The summed E-state index contributed by atoms with van der Waals surface area (Å²) in [5, 5.41) is 0. The van der Waals surface area contributed by atoms with Crippen molar-refractivity contribution in [3.8, 4) is 5.75 Å². The second kappa shape index (κ2) is 14.9. The summed E-state index contributed by atoms with van der Waals surface area (Å²) < 4.78 is 11.3. The van der Waals surface area contributed by atoms with Crippen molar-refractivity contribution < 1.29 is 19.1 Å². The van der Waals surface area contributed by atoms with Crippen LogP contribution < -0.4 is 10.5 Å². The van der Waals surface area contributed by atoms with Crippen molar-refractivity contribution in [3.05, 3.63) is 65.7 Å². The fraction of sp³-hybridized carbons (Fsp3) is 0.562. The van der Waals surface area contributed by atoms with E-state index in [1.54, 1.807) is 18.2 Å². The Morgan fingerprint density at radius 3 is 2.44 bits per heavy atom. The largest absolute Gasteiger partial charge is 0.494 e. The number of hydrogen-bond donors (Lipinski definition) is 1. The highest BCUT2D eigenvalue weighted by Gasteiger charge is 2.32. The number of hydrogen-bond acceptors (Lipinski definition) is 5. The van der Waals surface area contributed by atoms with Gasteiger partial charge in [-0.3, -0.25) is 9.69 Å². The van der Waals surface area contributed by atoms with Gasteiger partial charge in [-0.15, -0.1) is 0 Å². The molecule has 2 amide bonds. The number of benzene rings is 2. The van der Waals surface area contributed by atoms with Gasteiger partial charge in [0.05, 0.1) is 13.2 Å². The minimum atomic E-state index is -0.449. The van der Waals surface area contributed by atoms with E-state index < -0.39 is 5.91 Å². The van der Waals surface area contributed by atoms with Gasteiger partial charge in [-0.25, -0.2) is 4.79 Å². The topological polar surface area (TPSA) is 85.1 Å². The Labute approximate surface area is 233 Å². The maximum Gasteiger partial charge on any atom is 0.409 e.